The summed E-state index contributed by atoms with van der Waals surface area (Å²) in [5.41, 5.74) is 11.4. The number of aryl methyl sites for hydroxylation is 8. The molecule has 0 aliphatic heterocycles. The minimum absolute atomic E-state index is 1.43. The minimum atomic E-state index is -3.81. The molecule has 0 aliphatic carbocycles. The molecular weight excluding hydrogens is 503 g/mol. The number of hydrogen-bond acceptors (Lipinski definition) is 0. The summed E-state index contributed by atoms with van der Waals surface area (Å²) in [5.74, 6) is 0. The van der Waals surface area contributed by atoms with Gasteiger partial charge >= 0.3 is 205 Å². The predicted octanol–water partition coefficient (Wildman–Crippen LogP) is 5.53. The molecule has 0 unspecified atom stereocenters. The van der Waals surface area contributed by atoms with Gasteiger partial charge in [-0.05, 0) is 0 Å². The van der Waals surface area contributed by atoms with Crippen LogP contribution in [0, 0.1) is 55.4 Å². The zero-order valence-corrected chi connectivity index (χ0v) is 24.3. The van der Waals surface area contributed by atoms with Crippen molar-refractivity contribution in [1.82, 2.24) is 0 Å². The van der Waals surface area contributed by atoms with Gasteiger partial charge in [-0.1, -0.05) is 0 Å². The van der Waals surface area contributed by atoms with Crippen LogP contribution in [0.4, 0.5) is 0 Å². The van der Waals surface area contributed by atoms with Crippen molar-refractivity contribution in [2.75, 3.05) is 0 Å². The van der Waals surface area contributed by atoms with Crippen LogP contribution >= 0.6 is 0 Å². The molecule has 0 N–H and O–H groups in total. The van der Waals surface area contributed by atoms with E-state index >= 15 is 0 Å². The summed E-state index contributed by atoms with van der Waals surface area (Å²) in [5, 5.41) is 0. The molecule has 0 heterocycles. The van der Waals surface area contributed by atoms with Crippen LogP contribution in [-0.2, 0) is 0 Å². The first-order chi connectivity index (χ1) is 15.7. The van der Waals surface area contributed by atoms with Gasteiger partial charge in [-0.2, -0.15) is 0 Å². The van der Waals surface area contributed by atoms with Crippen LogP contribution in [0.1, 0.15) is 44.5 Å². The second-order valence-corrected chi connectivity index (χ2v) is 19.8. The van der Waals surface area contributed by atoms with E-state index in [1.54, 1.807) is 14.3 Å². The van der Waals surface area contributed by atoms with E-state index in [0.29, 0.717) is 0 Å². The molecule has 33 heavy (non-hydrogen) atoms. The summed E-state index contributed by atoms with van der Waals surface area (Å²) in [6.45, 7) is 18.7. The van der Waals surface area contributed by atoms with Crippen molar-refractivity contribution in [3.63, 3.8) is 0 Å². The summed E-state index contributed by atoms with van der Waals surface area (Å²) in [4.78, 5) is 0. The van der Waals surface area contributed by atoms with Crippen LogP contribution in [0.3, 0.4) is 0 Å². The molecule has 0 nitrogen and oxygen atoms in total. The summed E-state index contributed by atoms with van der Waals surface area (Å²) < 4.78 is 6.50. The van der Waals surface area contributed by atoms with Crippen molar-refractivity contribution in [2.24, 2.45) is 0 Å². The molecule has 0 spiro atoms. The molecule has 0 amide bonds. The van der Waals surface area contributed by atoms with Crippen molar-refractivity contribution in [1.29, 1.82) is 0 Å². The average Bonchev–Trinajstić information content (AvgIpc) is 2.73. The van der Waals surface area contributed by atoms with Crippen LogP contribution in [0.5, 0.6) is 0 Å². The van der Waals surface area contributed by atoms with Crippen molar-refractivity contribution in [2.45, 2.75) is 55.4 Å². The fourth-order valence-corrected chi connectivity index (χ4v) is 26.1. The Morgan fingerprint density at radius 2 is 0.455 bits per heavy atom. The average molecular weight is 539 g/mol. The van der Waals surface area contributed by atoms with Crippen molar-refractivity contribution in [3.8, 4) is 0 Å². The van der Waals surface area contributed by atoms with E-state index in [9.17, 15) is 0 Å². The van der Waals surface area contributed by atoms with Gasteiger partial charge < -0.3 is 0 Å². The summed E-state index contributed by atoms with van der Waals surface area (Å²) >= 11 is -3.81. The van der Waals surface area contributed by atoms with Gasteiger partial charge in [-0.15, -0.1) is 0 Å². The topological polar surface area (TPSA) is 0 Å². The Kier molecular flexibility index (Phi) is 6.60. The maximum absolute atomic E-state index is 3.81. The molecule has 1 heteroatoms. The molecule has 4 rings (SSSR count). The van der Waals surface area contributed by atoms with E-state index in [0.717, 1.165) is 0 Å². The Hall–Kier alpha value is -2.32. The number of hydrogen-bond donors (Lipinski definition) is 0. The van der Waals surface area contributed by atoms with E-state index in [-0.39, 0.29) is 0 Å². The molecule has 0 aliphatic rings. The van der Waals surface area contributed by atoms with Crippen LogP contribution in [-0.4, -0.2) is 18.4 Å². The van der Waals surface area contributed by atoms with Gasteiger partial charge in [-0.25, -0.2) is 0 Å². The Morgan fingerprint density at radius 3 is 0.606 bits per heavy atom. The molecule has 0 fully saturated rings. The van der Waals surface area contributed by atoms with Crippen LogP contribution in [0.2, 0.25) is 0 Å². The Bertz CT molecular complexity index is 1050. The van der Waals surface area contributed by atoms with Crippen molar-refractivity contribution >= 4 is 32.7 Å². The van der Waals surface area contributed by atoms with E-state index < -0.39 is 18.4 Å². The van der Waals surface area contributed by atoms with Crippen LogP contribution in [0.15, 0.2) is 72.8 Å². The summed E-state index contributed by atoms with van der Waals surface area (Å²) in [7, 11) is 0. The third kappa shape index (κ3) is 3.77. The summed E-state index contributed by atoms with van der Waals surface area (Å²) in [6, 6.07) is 27.6. The van der Waals surface area contributed by atoms with Crippen molar-refractivity contribution < 1.29 is 0 Å². The van der Waals surface area contributed by atoms with E-state index in [1.807, 2.05) is 0 Å². The molecule has 168 valence electrons. The predicted molar refractivity (Wildman–Crippen MR) is 148 cm³/mol. The first-order valence-electron chi connectivity index (χ1n) is 12.0. The Morgan fingerprint density at radius 1 is 0.303 bits per heavy atom. The van der Waals surface area contributed by atoms with E-state index in [4.69, 9.17) is 0 Å². The fourth-order valence-electron chi connectivity index (χ4n) is 6.37. The van der Waals surface area contributed by atoms with Crippen LogP contribution < -0.4 is 14.3 Å². The van der Waals surface area contributed by atoms with Gasteiger partial charge in [0.05, 0.1) is 0 Å². The van der Waals surface area contributed by atoms with Gasteiger partial charge in [0.1, 0.15) is 0 Å². The fraction of sp³-hybridized carbons (Fsp3) is 0.250. The number of benzene rings is 4. The number of rotatable bonds is 4. The second kappa shape index (κ2) is 9.14. The molecular formula is C32H36Sn. The SMILES string of the molecule is Cc1cccc(C)[c]1[Sn]([c]1c(C)cccc1C)([c]1c(C)cccc1C)[c]1c(C)cccc1C. The van der Waals surface area contributed by atoms with Crippen molar-refractivity contribution in [3.05, 3.63) is 117 Å². The third-order valence-electron chi connectivity index (χ3n) is 7.42. The molecule has 4 aromatic carbocycles. The first-order valence-corrected chi connectivity index (χ1v) is 17.7. The molecule has 0 aromatic heterocycles. The van der Waals surface area contributed by atoms with Gasteiger partial charge in [0, 0.05) is 0 Å². The normalized spacial score (nSPS) is 11.6. The molecule has 0 bridgehead atoms. The maximum atomic E-state index is 2.34. The van der Waals surface area contributed by atoms with Crippen LogP contribution in [0.25, 0.3) is 0 Å². The second-order valence-electron chi connectivity index (χ2n) is 9.82. The third-order valence-corrected chi connectivity index (χ3v) is 25.0. The molecule has 0 atom stereocenters. The molecule has 0 saturated heterocycles. The zero-order chi connectivity index (χ0) is 23.9. The molecule has 0 radical (unpaired) electrons. The van der Waals surface area contributed by atoms with Gasteiger partial charge in [0.2, 0.25) is 0 Å². The quantitative estimate of drug-likeness (QED) is 0.300. The summed E-state index contributed by atoms with van der Waals surface area (Å²) in [6.07, 6.45) is 0. The van der Waals surface area contributed by atoms with Gasteiger partial charge in [-0.3, -0.25) is 0 Å². The van der Waals surface area contributed by atoms with Gasteiger partial charge in [0.25, 0.3) is 0 Å². The van der Waals surface area contributed by atoms with Gasteiger partial charge in [0.15, 0.2) is 0 Å². The first kappa shape index (κ1) is 23.8. The zero-order valence-electron chi connectivity index (χ0n) is 21.4. The Balaban J connectivity index is 2.44. The monoisotopic (exact) mass is 540 g/mol. The Labute approximate surface area is 204 Å². The molecule has 4 aromatic rings. The van der Waals surface area contributed by atoms with E-state index in [1.165, 1.54) is 44.5 Å². The molecule has 0 saturated carbocycles. The van der Waals surface area contributed by atoms with E-state index in [2.05, 4.69) is 128 Å². The standard InChI is InChI=1S/4C8H9.Sn/c4*1-7-4-3-5-8(2)6-7;/h4*3-5H,1-2H3;.